The molecule has 0 amide bonds. The molecule has 1 aliphatic rings. The number of aliphatic hydroxyl groups is 1. The van der Waals surface area contributed by atoms with Crippen molar-refractivity contribution in [2.24, 2.45) is 11.8 Å². The molecule has 2 heteroatoms. The molecule has 0 spiro atoms. The first-order chi connectivity index (χ1) is 5.20. The quantitative estimate of drug-likeness (QED) is 0.353. The van der Waals surface area contributed by atoms with E-state index in [1.807, 2.05) is 6.92 Å². The molecular weight excluding hydrogens is 140 g/mol. The highest BCUT2D eigenvalue weighted by Crippen LogP contribution is 2.32. The van der Waals surface area contributed by atoms with Gasteiger partial charge in [0.1, 0.15) is 0 Å². The fraction of sp³-hybridized carbons (Fsp3) is 0.444. The van der Waals surface area contributed by atoms with Crippen molar-refractivity contribution >= 4 is 5.78 Å². The van der Waals surface area contributed by atoms with Crippen molar-refractivity contribution in [2.75, 3.05) is 0 Å². The van der Waals surface area contributed by atoms with Crippen LogP contribution in [0.1, 0.15) is 13.3 Å². The molecule has 0 heterocycles. The van der Waals surface area contributed by atoms with Crippen LogP contribution in [0.15, 0.2) is 24.5 Å². The summed E-state index contributed by atoms with van der Waals surface area (Å²) in [6.07, 6.45) is 3.33. The maximum Gasteiger partial charge on any atom is 0.165 e. The van der Waals surface area contributed by atoms with Crippen LogP contribution in [0, 0.1) is 11.8 Å². The lowest BCUT2D eigenvalue weighted by molar-refractivity contribution is -0.117. The standard InChI is InChI=1S/C9H12O2/c1-3-7-4-8(5-10)9(11)6(7)2/h3,5-7,10H,1,4H2,2H3/b8-5-. The lowest BCUT2D eigenvalue weighted by Gasteiger charge is -2.04. The van der Waals surface area contributed by atoms with Crippen molar-refractivity contribution < 1.29 is 9.90 Å². The molecule has 1 saturated carbocycles. The summed E-state index contributed by atoms with van der Waals surface area (Å²) in [5.41, 5.74) is 0.530. The zero-order valence-electron chi connectivity index (χ0n) is 6.58. The Morgan fingerprint density at radius 1 is 1.73 bits per heavy atom. The van der Waals surface area contributed by atoms with Crippen LogP contribution in [-0.4, -0.2) is 10.9 Å². The highest BCUT2D eigenvalue weighted by atomic mass is 16.2. The summed E-state index contributed by atoms with van der Waals surface area (Å²) < 4.78 is 0. The van der Waals surface area contributed by atoms with Gasteiger partial charge < -0.3 is 5.11 Å². The molecular formula is C9H12O2. The largest absolute Gasteiger partial charge is 0.515 e. The number of hydrogen-bond donors (Lipinski definition) is 1. The van der Waals surface area contributed by atoms with Crippen LogP contribution >= 0.6 is 0 Å². The second kappa shape index (κ2) is 2.91. The number of ketones is 1. The molecule has 2 nitrogen and oxygen atoms in total. The lowest BCUT2D eigenvalue weighted by atomic mass is 9.98. The molecule has 11 heavy (non-hydrogen) atoms. The van der Waals surface area contributed by atoms with E-state index in [2.05, 4.69) is 6.58 Å². The maximum atomic E-state index is 11.2. The normalized spacial score (nSPS) is 34.6. The minimum Gasteiger partial charge on any atom is -0.515 e. The number of rotatable bonds is 1. The average molecular weight is 152 g/mol. The van der Waals surface area contributed by atoms with Gasteiger partial charge in [-0.25, -0.2) is 0 Å². The SMILES string of the molecule is C=CC1C/C(=C/O)C(=O)C1C. The van der Waals surface area contributed by atoms with Crippen LogP contribution in [0.3, 0.4) is 0 Å². The first kappa shape index (κ1) is 8.05. The van der Waals surface area contributed by atoms with Gasteiger partial charge in [0.25, 0.3) is 0 Å². The summed E-state index contributed by atoms with van der Waals surface area (Å²) >= 11 is 0. The van der Waals surface area contributed by atoms with Crippen molar-refractivity contribution in [3.05, 3.63) is 24.5 Å². The first-order valence-corrected chi connectivity index (χ1v) is 3.70. The van der Waals surface area contributed by atoms with Gasteiger partial charge in [0.15, 0.2) is 5.78 Å². The zero-order valence-corrected chi connectivity index (χ0v) is 6.58. The van der Waals surface area contributed by atoms with Crippen LogP contribution in [0.25, 0.3) is 0 Å². The van der Waals surface area contributed by atoms with E-state index < -0.39 is 0 Å². The molecule has 1 rings (SSSR count). The lowest BCUT2D eigenvalue weighted by Crippen LogP contribution is -2.08. The van der Waals surface area contributed by atoms with Gasteiger partial charge in [-0.1, -0.05) is 13.0 Å². The smallest absolute Gasteiger partial charge is 0.165 e. The van der Waals surface area contributed by atoms with Gasteiger partial charge in [-0.15, -0.1) is 6.58 Å². The molecule has 0 aromatic carbocycles. The van der Waals surface area contributed by atoms with Gasteiger partial charge >= 0.3 is 0 Å². The highest BCUT2D eigenvalue weighted by molar-refractivity contribution is 5.99. The summed E-state index contributed by atoms with van der Waals surface area (Å²) in [5, 5.41) is 8.65. The Kier molecular flexibility index (Phi) is 2.13. The van der Waals surface area contributed by atoms with Crippen molar-refractivity contribution in [3.63, 3.8) is 0 Å². The second-order valence-corrected chi connectivity index (χ2v) is 2.91. The highest BCUT2D eigenvalue weighted by Gasteiger charge is 2.33. The predicted octanol–water partition coefficient (Wildman–Crippen LogP) is 1.84. The van der Waals surface area contributed by atoms with Gasteiger partial charge in [0.2, 0.25) is 0 Å². The molecule has 0 saturated heterocycles. The molecule has 1 fully saturated rings. The third-order valence-corrected chi connectivity index (χ3v) is 2.29. The predicted molar refractivity (Wildman–Crippen MR) is 43.2 cm³/mol. The second-order valence-electron chi connectivity index (χ2n) is 2.91. The van der Waals surface area contributed by atoms with Crippen LogP contribution in [-0.2, 0) is 4.79 Å². The van der Waals surface area contributed by atoms with Crippen LogP contribution < -0.4 is 0 Å². The average Bonchev–Trinajstić information content (AvgIpc) is 2.30. The van der Waals surface area contributed by atoms with E-state index in [1.54, 1.807) is 6.08 Å². The number of carbonyl (C=O) groups excluding carboxylic acids is 1. The summed E-state index contributed by atoms with van der Waals surface area (Å²) in [6, 6.07) is 0. The Labute approximate surface area is 66.2 Å². The molecule has 2 unspecified atom stereocenters. The molecule has 0 aromatic heterocycles. The van der Waals surface area contributed by atoms with Crippen LogP contribution in [0.4, 0.5) is 0 Å². The third-order valence-electron chi connectivity index (χ3n) is 2.29. The van der Waals surface area contributed by atoms with Gasteiger partial charge in [0.05, 0.1) is 6.26 Å². The summed E-state index contributed by atoms with van der Waals surface area (Å²) in [7, 11) is 0. The fourth-order valence-electron chi connectivity index (χ4n) is 1.42. The van der Waals surface area contributed by atoms with E-state index in [9.17, 15) is 4.79 Å². The maximum absolute atomic E-state index is 11.2. The van der Waals surface area contributed by atoms with Gasteiger partial charge in [0, 0.05) is 11.5 Å². The van der Waals surface area contributed by atoms with Crippen LogP contribution in [0.2, 0.25) is 0 Å². The monoisotopic (exact) mass is 152 g/mol. The first-order valence-electron chi connectivity index (χ1n) is 3.70. The van der Waals surface area contributed by atoms with E-state index in [0.29, 0.717) is 12.0 Å². The molecule has 1 N–H and O–H groups in total. The Bertz CT molecular complexity index is 216. The Balaban J connectivity index is 2.85. The molecule has 0 aliphatic heterocycles. The zero-order chi connectivity index (χ0) is 8.43. The minimum atomic E-state index is -0.00843. The van der Waals surface area contributed by atoms with E-state index in [1.165, 1.54) is 0 Å². The number of carbonyl (C=O) groups is 1. The third kappa shape index (κ3) is 1.20. The molecule has 0 aromatic rings. The topological polar surface area (TPSA) is 37.3 Å². The van der Waals surface area contributed by atoms with Crippen molar-refractivity contribution in [3.8, 4) is 0 Å². The summed E-state index contributed by atoms with van der Waals surface area (Å²) in [6.45, 7) is 5.50. The van der Waals surface area contributed by atoms with E-state index in [0.717, 1.165) is 6.26 Å². The van der Waals surface area contributed by atoms with Crippen molar-refractivity contribution in [1.82, 2.24) is 0 Å². The number of hydrogen-bond acceptors (Lipinski definition) is 2. The fourth-order valence-corrected chi connectivity index (χ4v) is 1.42. The number of aliphatic hydroxyl groups excluding tert-OH is 1. The molecule has 2 atom stereocenters. The minimum absolute atomic E-state index is 0.00843. The molecule has 0 radical (unpaired) electrons. The molecule has 1 aliphatic carbocycles. The van der Waals surface area contributed by atoms with Gasteiger partial charge in [-0.05, 0) is 12.3 Å². The molecule has 60 valence electrons. The number of allylic oxidation sites excluding steroid dienone is 2. The van der Waals surface area contributed by atoms with Crippen molar-refractivity contribution in [1.29, 1.82) is 0 Å². The van der Waals surface area contributed by atoms with Crippen molar-refractivity contribution in [2.45, 2.75) is 13.3 Å². The summed E-state index contributed by atoms with van der Waals surface area (Å²) in [4.78, 5) is 11.2. The van der Waals surface area contributed by atoms with E-state index in [-0.39, 0.29) is 17.6 Å². The van der Waals surface area contributed by atoms with E-state index in [4.69, 9.17) is 5.11 Å². The van der Waals surface area contributed by atoms with E-state index >= 15 is 0 Å². The van der Waals surface area contributed by atoms with Gasteiger partial charge in [-0.2, -0.15) is 0 Å². The Hall–Kier alpha value is -1.05. The summed E-state index contributed by atoms with van der Waals surface area (Å²) in [5.74, 6) is 0.254. The Morgan fingerprint density at radius 2 is 2.36 bits per heavy atom. The Morgan fingerprint density at radius 3 is 2.64 bits per heavy atom. The molecule has 0 bridgehead atoms. The van der Waals surface area contributed by atoms with Crippen LogP contribution in [0.5, 0.6) is 0 Å². The number of Topliss-reactive ketones (excluding diaryl/α,β-unsaturated/α-hetero) is 1. The van der Waals surface area contributed by atoms with Gasteiger partial charge in [-0.3, -0.25) is 4.79 Å².